The van der Waals surface area contributed by atoms with E-state index in [2.05, 4.69) is 10.3 Å². The van der Waals surface area contributed by atoms with Gasteiger partial charge in [-0.15, -0.1) is 0 Å². The number of fused-ring (bicyclic) bond motifs is 2. The van der Waals surface area contributed by atoms with Crippen LogP contribution in [0.5, 0.6) is 5.75 Å². The number of aryl methyl sites for hydroxylation is 1. The van der Waals surface area contributed by atoms with E-state index in [4.69, 9.17) is 20.8 Å². The minimum Gasteiger partial charge on any atom is -0.484 e. The van der Waals surface area contributed by atoms with Crippen molar-refractivity contribution in [3.8, 4) is 17.2 Å². The van der Waals surface area contributed by atoms with Crippen molar-refractivity contribution >= 4 is 45.1 Å². The van der Waals surface area contributed by atoms with Crippen molar-refractivity contribution in [2.75, 3.05) is 11.9 Å². The summed E-state index contributed by atoms with van der Waals surface area (Å²) < 4.78 is 11.5. The van der Waals surface area contributed by atoms with Gasteiger partial charge >= 0.3 is 0 Å². The van der Waals surface area contributed by atoms with E-state index in [0.29, 0.717) is 33.4 Å². The Morgan fingerprint density at radius 2 is 1.84 bits per heavy atom. The van der Waals surface area contributed by atoms with E-state index in [9.17, 15) is 4.79 Å². The maximum atomic E-state index is 12.4. The summed E-state index contributed by atoms with van der Waals surface area (Å²) in [5.41, 5.74) is 3.67. The number of anilines is 1. The lowest BCUT2D eigenvalue weighted by atomic mass is 10.1. The molecule has 0 fully saturated rings. The van der Waals surface area contributed by atoms with Gasteiger partial charge in [0, 0.05) is 16.3 Å². The minimum absolute atomic E-state index is 0.0949. The van der Waals surface area contributed by atoms with Crippen LogP contribution < -0.4 is 10.1 Å². The fourth-order valence-corrected chi connectivity index (χ4v) is 3.64. The molecule has 0 unspecified atom stereocenters. The second-order valence-electron chi connectivity index (χ2n) is 7.51. The van der Waals surface area contributed by atoms with Crippen LogP contribution in [0.25, 0.3) is 33.3 Å². The first-order valence-corrected chi connectivity index (χ1v) is 10.5. The van der Waals surface area contributed by atoms with Crippen LogP contribution >= 0.6 is 11.6 Å². The number of rotatable bonds is 5. The van der Waals surface area contributed by atoms with Crippen LogP contribution in [0.4, 0.5) is 5.69 Å². The topological polar surface area (TPSA) is 64.4 Å². The van der Waals surface area contributed by atoms with Crippen molar-refractivity contribution in [2.45, 2.75) is 6.92 Å². The van der Waals surface area contributed by atoms with Gasteiger partial charge in [0.25, 0.3) is 5.91 Å². The molecule has 0 bridgehead atoms. The zero-order valence-electron chi connectivity index (χ0n) is 17.3. The molecule has 6 heteroatoms. The smallest absolute Gasteiger partial charge is 0.262 e. The molecule has 0 aliphatic carbocycles. The highest BCUT2D eigenvalue weighted by molar-refractivity contribution is 6.31. The summed E-state index contributed by atoms with van der Waals surface area (Å²) in [5, 5.41) is 5.68. The Labute approximate surface area is 189 Å². The largest absolute Gasteiger partial charge is 0.484 e. The van der Waals surface area contributed by atoms with Crippen molar-refractivity contribution < 1.29 is 13.9 Å². The molecule has 0 radical (unpaired) electrons. The number of carbonyl (C=O) groups excluding carboxylic acids is 1. The fraction of sp³-hybridized carbons (Fsp3) is 0.0769. The molecular weight excluding hydrogens is 424 g/mol. The number of hydrogen-bond acceptors (Lipinski definition) is 4. The standard InChI is InChI=1S/C26H19ClN2O3/c1-16-6-7-19(13-22(16)27)26-29-23-14-20(9-11-24(23)32-26)28-25(30)15-31-21-10-8-17-4-2-3-5-18(17)12-21/h2-14H,15H2,1H3,(H,28,30). The van der Waals surface area contributed by atoms with E-state index in [0.717, 1.165) is 21.9 Å². The summed E-state index contributed by atoms with van der Waals surface area (Å²) in [6.45, 7) is 1.85. The molecule has 0 aliphatic rings. The van der Waals surface area contributed by atoms with Crippen molar-refractivity contribution in [3.63, 3.8) is 0 Å². The Kier molecular flexibility index (Phi) is 5.25. The molecule has 0 aliphatic heterocycles. The van der Waals surface area contributed by atoms with Gasteiger partial charge in [-0.1, -0.05) is 48.0 Å². The van der Waals surface area contributed by atoms with Crippen LogP contribution in [-0.4, -0.2) is 17.5 Å². The first kappa shape index (κ1) is 20.1. The molecule has 5 nitrogen and oxygen atoms in total. The monoisotopic (exact) mass is 442 g/mol. The van der Waals surface area contributed by atoms with E-state index in [1.165, 1.54) is 0 Å². The van der Waals surface area contributed by atoms with Gasteiger partial charge in [-0.2, -0.15) is 0 Å². The zero-order valence-corrected chi connectivity index (χ0v) is 18.0. The number of carbonyl (C=O) groups is 1. The number of amides is 1. The average Bonchev–Trinajstić information content (AvgIpc) is 3.23. The summed E-state index contributed by atoms with van der Waals surface area (Å²) >= 11 is 6.22. The SMILES string of the molecule is Cc1ccc(-c2nc3cc(NC(=O)COc4ccc5ccccc5c4)ccc3o2)cc1Cl. The van der Waals surface area contributed by atoms with E-state index in [1.54, 1.807) is 18.2 Å². The molecule has 32 heavy (non-hydrogen) atoms. The van der Waals surface area contributed by atoms with Crippen LogP contribution in [0, 0.1) is 6.92 Å². The second-order valence-corrected chi connectivity index (χ2v) is 7.92. The van der Waals surface area contributed by atoms with E-state index in [-0.39, 0.29) is 12.5 Å². The normalized spacial score (nSPS) is 11.1. The van der Waals surface area contributed by atoms with Crippen LogP contribution in [0.2, 0.25) is 5.02 Å². The van der Waals surface area contributed by atoms with Crippen LogP contribution in [-0.2, 0) is 4.79 Å². The molecule has 1 amide bonds. The molecule has 0 atom stereocenters. The number of halogens is 1. The first-order chi connectivity index (χ1) is 15.5. The highest BCUT2D eigenvalue weighted by Crippen LogP contribution is 2.29. The average molecular weight is 443 g/mol. The predicted molar refractivity (Wildman–Crippen MR) is 127 cm³/mol. The van der Waals surface area contributed by atoms with Gasteiger partial charge in [0.05, 0.1) is 0 Å². The Balaban J connectivity index is 1.27. The molecule has 1 aromatic heterocycles. The number of benzene rings is 4. The van der Waals surface area contributed by atoms with Crippen molar-refractivity contribution in [1.82, 2.24) is 4.98 Å². The molecule has 0 saturated heterocycles. The number of oxazole rings is 1. The lowest BCUT2D eigenvalue weighted by Gasteiger charge is -2.08. The maximum Gasteiger partial charge on any atom is 0.262 e. The zero-order chi connectivity index (χ0) is 22.1. The Morgan fingerprint density at radius 3 is 2.69 bits per heavy atom. The highest BCUT2D eigenvalue weighted by Gasteiger charge is 2.11. The highest BCUT2D eigenvalue weighted by atomic mass is 35.5. The van der Waals surface area contributed by atoms with Gasteiger partial charge < -0.3 is 14.5 Å². The number of hydrogen-bond donors (Lipinski definition) is 1. The second kappa shape index (κ2) is 8.36. The minimum atomic E-state index is -0.258. The summed E-state index contributed by atoms with van der Waals surface area (Å²) in [4.78, 5) is 16.9. The quantitative estimate of drug-likeness (QED) is 0.332. The maximum absolute atomic E-state index is 12.4. The van der Waals surface area contributed by atoms with Gasteiger partial charge in [-0.25, -0.2) is 4.98 Å². The van der Waals surface area contributed by atoms with E-state index in [1.807, 2.05) is 67.6 Å². The third-order valence-corrected chi connectivity index (χ3v) is 5.59. The molecule has 0 saturated carbocycles. The number of ether oxygens (including phenoxy) is 1. The molecule has 5 aromatic rings. The Morgan fingerprint density at radius 1 is 1.00 bits per heavy atom. The van der Waals surface area contributed by atoms with Crippen LogP contribution in [0.1, 0.15) is 5.56 Å². The summed E-state index contributed by atoms with van der Waals surface area (Å²) in [6.07, 6.45) is 0. The van der Waals surface area contributed by atoms with Crippen molar-refractivity contribution in [2.24, 2.45) is 0 Å². The molecule has 1 heterocycles. The van der Waals surface area contributed by atoms with Gasteiger partial charge in [-0.05, 0) is 65.7 Å². The molecule has 4 aromatic carbocycles. The van der Waals surface area contributed by atoms with Crippen molar-refractivity contribution in [3.05, 3.63) is 89.4 Å². The van der Waals surface area contributed by atoms with Gasteiger partial charge in [-0.3, -0.25) is 4.79 Å². The van der Waals surface area contributed by atoms with E-state index < -0.39 is 0 Å². The number of nitrogens with one attached hydrogen (secondary N) is 1. The Hall–Kier alpha value is -3.83. The molecular formula is C26H19ClN2O3. The molecule has 5 rings (SSSR count). The summed E-state index contributed by atoms with van der Waals surface area (Å²) in [5.74, 6) is 0.865. The summed E-state index contributed by atoms with van der Waals surface area (Å²) in [7, 11) is 0. The predicted octanol–water partition coefficient (Wildman–Crippen LogP) is 6.63. The van der Waals surface area contributed by atoms with Gasteiger partial charge in [0.2, 0.25) is 5.89 Å². The Bertz CT molecular complexity index is 1460. The first-order valence-electron chi connectivity index (χ1n) is 10.1. The van der Waals surface area contributed by atoms with Crippen LogP contribution in [0.3, 0.4) is 0 Å². The fourth-order valence-electron chi connectivity index (χ4n) is 3.46. The number of nitrogens with zero attached hydrogens (tertiary/aromatic N) is 1. The lowest BCUT2D eigenvalue weighted by Crippen LogP contribution is -2.20. The third-order valence-electron chi connectivity index (χ3n) is 5.18. The third kappa shape index (κ3) is 4.15. The molecule has 158 valence electrons. The van der Waals surface area contributed by atoms with Crippen LogP contribution in [0.15, 0.2) is 83.3 Å². The van der Waals surface area contributed by atoms with E-state index >= 15 is 0 Å². The van der Waals surface area contributed by atoms with Gasteiger partial charge in [0.15, 0.2) is 12.2 Å². The number of aromatic nitrogens is 1. The van der Waals surface area contributed by atoms with Crippen molar-refractivity contribution in [1.29, 1.82) is 0 Å². The molecule has 0 spiro atoms. The lowest BCUT2D eigenvalue weighted by molar-refractivity contribution is -0.118. The van der Waals surface area contributed by atoms with Gasteiger partial charge in [0.1, 0.15) is 11.3 Å². The molecule has 1 N–H and O–H groups in total. The summed E-state index contributed by atoms with van der Waals surface area (Å²) in [6, 6.07) is 24.7.